The van der Waals surface area contributed by atoms with E-state index < -0.39 is 0 Å². The number of hydrogen-bond acceptors (Lipinski definition) is 4. The van der Waals surface area contributed by atoms with Gasteiger partial charge in [-0.2, -0.15) is 0 Å². The van der Waals surface area contributed by atoms with E-state index >= 15 is 0 Å². The zero-order chi connectivity index (χ0) is 9.68. The molecule has 4 nitrogen and oxygen atoms in total. The molecule has 1 rings (SSSR count). The highest BCUT2D eigenvalue weighted by Crippen LogP contribution is 2.03. The number of nitrogens with one attached hydrogen (secondary N) is 1. The third-order valence-electron chi connectivity index (χ3n) is 1.50. The second kappa shape index (κ2) is 4.94. The molecule has 0 radical (unpaired) electrons. The van der Waals surface area contributed by atoms with Crippen LogP contribution in [0.15, 0.2) is 11.7 Å². The van der Waals surface area contributed by atoms with Crippen LogP contribution in [0, 0.1) is 0 Å². The van der Waals surface area contributed by atoms with Gasteiger partial charge in [0.05, 0.1) is 11.7 Å². The van der Waals surface area contributed by atoms with Crippen LogP contribution >= 0.6 is 11.3 Å². The standard InChI is InChI=1S/C8H13N3OS/c1-11(2)4-3-10-8(12)7-5-9-6-13-7/h5-6H,3-4H2,1-2H3,(H,10,12). The van der Waals surface area contributed by atoms with E-state index in [0.717, 1.165) is 6.54 Å². The molecule has 72 valence electrons. The summed E-state index contributed by atoms with van der Waals surface area (Å²) in [5, 5.41) is 2.81. The van der Waals surface area contributed by atoms with Gasteiger partial charge in [0.2, 0.25) is 0 Å². The number of likely N-dealkylation sites (N-methyl/N-ethyl adjacent to an activating group) is 1. The molecule has 0 unspecified atom stereocenters. The Morgan fingerprint density at radius 1 is 1.69 bits per heavy atom. The van der Waals surface area contributed by atoms with Crippen LogP contribution in [-0.2, 0) is 0 Å². The summed E-state index contributed by atoms with van der Waals surface area (Å²) < 4.78 is 0. The highest BCUT2D eigenvalue weighted by Gasteiger charge is 2.05. The van der Waals surface area contributed by atoms with Crippen molar-refractivity contribution in [3.05, 3.63) is 16.6 Å². The summed E-state index contributed by atoms with van der Waals surface area (Å²) in [6.07, 6.45) is 1.58. The molecular formula is C8H13N3OS. The van der Waals surface area contributed by atoms with Crippen LogP contribution in [0.2, 0.25) is 0 Å². The van der Waals surface area contributed by atoms with E-state index in [1.54, 1.807) is 11.7 Å². The van der Waals surface area contributed by atoms with Crippen molar-refractivity contribution in [2.75, 3.05) is 27.2 Å². The summed E-state index contributed by atoms with van der Waals surface area (Å²) in [6, 6.07) is 0. The van der Waals surface area contributed by atoms with Gasteiger partial charge in [-0.05, 0) is 14.1 Å². The van der Waals surface area contributed by atoms with Crippen molar-refractivity contribution in [3.63, 3.8) is 0 Å². The van der Waals surface area contributed by atoms with Crippen molar-refractivity contribution < 1.29 is 4.79 Å². The zero-order valence-electron chi connectivity index (χ0n) is 7.78. The molecule has 0 atom stereocenters. The van der Waals surface area contributed by atoms with Gasteiger partial charge in [0.1, 0.15) is 4.88 Å². The summed E-state index contributed by atoms with van der Waals surface area (Å²) in [4.78, 5) is 17.8. The van der Waals surface area contributed by atoms with Crippen molar-refractivity contribution in [1.29, 1.82) is 0 Å². The summed E-state index contributed by atoms with van der Waals surface area (Å²) >= 11 is 1.35. The van der Waals surface area contributed by atoms with E-state index in [0.29, 0.717) is 11.4 Å². The molecule has 1 aromatic heterocycles. The van der Waals surface area contributed by atoms with Crippen LogP contribution in [0.4, 0.5) is 0 Å². The number of aromatic nitrogens is 1. The van der Waals surface area contributed by atoms with Crippen molar-refractivity contribution in [2.24, 2.45) is 0 Å². The van der Waals surface area contributed by atoms with Gasteiger partial charge < -0.3 is 10.2 Å². The molecule has 0 bridgehead atoms. The van der Waals surface area contributed by atoms with Crippen LogP contribution < -0.4 is 5.32 Å². The first kappa shape index (κ1) is 10.1. The predicted molar refractivity (Wildman–Crippen MR) is 53.0 cm³/mol. The summed E-state index contributed by atoms with van der Waals surface area (Å²) in [5.41, 5.74) is 1.65. The lowest BCUT2D eigenvalue weighted by atomic mass is 10.5. The van der Waals surface area contributed by atoms with E-state index in [-0.39, 0.29) is 5.91 Å². The summed E-state index contributed by atoms with van der Waals surface area (Å²) in [6.45, 7) is 1.52. The largest absolute Gasteiger partial charge is 0.350 e. The molecule has 0 spiro atoms. The van der Waals surface area contributed by atoms with E-state index in [4.69, 9.17) is 0 Å². The van der Waals surface area contributed by atoms with Gasteiger partial charge >= 0.3 is 0 Å². The molecule has 1 heterocycles. The predicted octanol–water partition coefficient (Wildman–Crippen LogP) is 0.435. The molecule has 1 amide bonds. The van der Waals surface area contributed by atoms with Crippen LogP contribution in [-0.4, -0.2) is 43.0 Å². The first-order valence-corrected chi connectivity index (χ1v) is 4.89. The van der Waals surface area contributed by atoms with E-state index in [9.17, 15) is 4.79 Å². The zero-order valence-corrected chi connectivity index (χ0v) is 8.60. The van der Waals surface area contributed by atoms with Gasteiger partial charge in [0.15, 0.2) is 0 Å². The Morgan fingerprint density at radius 3 is 3.00 bits per heavy atom. The Kier molecular flexibility index (Phi) is 3.85. The van der Waals surface area contributed by atoms with E-state index in [1.165, 1.54) is 11.3 Å². The third-order valence-corrected chi connectivity index (χ3v) is 2.27. The van der Waals surface area contributed by atoms with Crippen LogP contribution in [0.25, 0.3) is 0 Å². The van der Waals surface area contributed by atoms with Gasteiger partial charge in [-0.25, -0.2) is 0 Å². The number of carbonyl (C=O) groups excluding carboxylic acids is 1. The van der Waals surface area contributed by atoms with Crippen molar-refractivity contribution in [3.8, 4) is 0 Å². The molecule has 0 saturated carbocycles. The number of carbonyl (C=O) groups is 1. The maximum absolute atomic E-state index is 11.3. The van der Waals surface area contributed by atoms with E-state index in [2.05, 4.69) is 10.3 Å². The monoisotopic (exact) mass is 199 g/mol. The SMILES string of the molecule is CN(C)CCNC(=O)c1cncs1. The number of hydrogen-bond donors (Lipinski definition) is 1. The molecule has 0 aliphatic carbocycles. The number of rotatable bonds is 4. The average molecular weight is 199 g/mol. The van der Waals surface area contributed by atoms with Gasteiger partial charge in [-0.3, -0.25) is 9.78 Å². The fourth-order valence-corrected chi connectivity index (χ4v) is 1.34. The second-order valence-corrected chi connectivity index (χ2v) is 3.81. The van der Waals surface area contributed by atoms with Crippen LogP contribution in [0.1, 0.15) is 9.67 Å². The molecule has 0 fully saturated rings. The number of thiazole rings is 1. The Bertz CT molecular complexity index is 258. The minimum absolute atomic E-state index is 0.0376. The fraction of sp³-hybridized carbons (Fsp3) is 0.500. The Balaban J connectivity index is 2.27. The van der Waals surface area contributed by atoms with Crippen molar-refractivity contribution >= 4 is 17.2 Å². The lowest BCUT2D eigenvalue weighted by Crippen LogP contribution is -2.30. The Labute approximate surface area is 81.6 Å². The average Bonchev–Trinajstić information content (AvgIpc) is 2.55. The minimum atomic E-state index is -0.0376. The molecule has 0 saturated heterocycles. The summed E-state index contributed by atoms with van der Waals surface area (Å²) in [7, 11) is 3.94. The number of nitrogens with zero attached hydrogens (tertiary/aromatic N) is 2. The lowest BCUT2D eigenvalue weighted by molar-refractivity contribution is 0.0955. The molecule has 1 N–H and O–H groups in total. The van der Waals surface area contributed by atoms with E-state index in [1.807, 2.05) is 19.0 Å². The molecule has 13 heavy (non-hydrogen) atoms. The van der Waals surface area contributed by atoms with Gasteiger partial charge in [-0.1, -0.05) is 0 Å². The Morgan fingerprint density at radius 2 is 2.46 bits per heavy atom. The molecule has 0 aromatic carbocycles. The minimum Gasteiger partial charge on any atom is -0.350 e. The molecule has 5 heteroatoms. The number of amides is 1. The highest BCUT2D eigenvalue weighted by atomic mass is 32.1. The fourth-order valence-electron chi connectivity index (χ4n) is 0.808. The molecular weight excluding hydrogens is 186 g/mol. The molecule has 0 aliphatic rings. The van der Waals surface area contributed by atoms with Crippen LogP contribution in [0.3, 0.4) is 0 Å². The quantitative estimate of drug-likeness (QED) is 0.765. The smallest absolute Gasteiger partial charge is 0.263 e. The lowest BCUT2D eigenvalue weighted by Gasteiger charge is -2.09. The first-order chi connectivity index (χ1) is 6.20. The second-order valence-electron chi connectivity index (χ2n) is 2.92. The maximum atomic E-state index is 11.3. The molecule has 1 aromatic rings. The Hall–Kier alpha value is -0.940. The van der Waals surface area contributed by atoms with Crippen molar-refractivity contribution in [1.82, 2.24) is 15.2 Å². The highest BCUT2D eigenvalue weighted by molar-refractivity contribution is 7.11. The summed E-state index contributed by atoms with van der Waals surface area (Å²) in [5.74, 6) is -0.0376. The van der Waals surface area contributed by atoms with Gasteiger partial charge in [-0.15, -0.1) is 11.3 Å². The third kappa shape index (κ3) is 3.52. The van der Waals surface area contributed by atoms with Crippen LogP contribution in [0.5, 0.6) is 0 Å². The maximum Gasteiger partial charge on any atom is 0.263 e. The van der Waals surface area contributed by atoms with Gasteiger partial charge in [0, 0.05) is 13.1 Å². The topological polar surface area (TPSA) is 45.2 Å². The normalized spacial score (nSPS) is 10.4. The van der Waals surface area contributed by atoms with Crippen molar-refractivity contribution in [2.45, 2.75) is 0 Å². The first-order valence-electron chi connectivity index (χ1n) is 4.01. The molecule has 0 aliphatic heterocycles. The van der Waals surface area contributed by atoms with Gasteiger partial charge in [0.25, 0.3) is 5.91 Å².